The first-order chi connectivity index (χ1) is 14.7. The van der Waals surface area contributed by atoms with E-state index in [9.17, 15) is 4.79 Å². The van der Waals surface area contributed by atoms with Crippen LogP contribution >= 0.6 is 0 Å². The molecule has 2 N–H and O–H groups in total. The van der Waals surface area contributed by atoms with Gasteiger partial charge in [0.05, 0.1) is 23.5 Å². The summed E-state index contributed by atoms with van der Waals surface area (Å²) in [7, 11) is 1.64. The highest BCUT2D eigenvalue weighted by atomic mass is 16.5. The SMILES string of the molecule is COCCOc1ccc(C(=O)N2CCC(c3nc4ccccc4cc3N)CC2)cc1. The van der Waals surface area contributed by atoms with E-state index in [1.54, 1.807) is 7.11 Å². The minimum absolute atomic E-state index is 0.0522. The maximum atomic E-state index is 12.9. The van der Waals surface area contributed by atoms with Crippen molar-refractivity contribution in [3.63, 3.8) is 0 Å². The van der Waals surface area contributed by atoms with Gasteiger partial charge in [-0.1, -0.05) is 18.2 Å². The van der Waals surface area contributed by atoms with E-state index in [1.165, 1.54) is 0 Å². The summed E-state index contributed by atoms with van der Waals surface area (Å²) in [6, 6.07) is 17.3. The van der Waals surface area contributed by atoms with E-state index >= 15 is 0 Å². The summed E-state index contributed by atoms with van der Waals surface area (Å²) in [5.41, 5.74) is 9.64. The molecule has 0 atom stereocenters. The number of anilines is 1. The molecule has 6 nitrogen and oxygen atoms in total. The second-order valence-corrected chi connectivity index (χ2v) is 7.59. The van der Waals surface area contributed by atoms with Crippen molar-refractivity contribution in [2.45, 2.75) is 18.8 Å². The van der Waals surface area contributed by atoms with Gasteiger partial charge in [-0.05, 0) is 49.2 Å². The number of fused-ring (bicyclic) bond motifs is 1. The molecule has 0 aliphatic carbocycles. The highest BCUT2D eigenvalue weighted by molar-refractivity contribution is 5.94. The average molecular weight is 405 g/mol. The molecule has 1 saturated heterocycles. The van der Waals surface area contributed by atoms with E-state index in [0.717, 1.165) is 40.9 Å². The smallest absolute Gasteiger partial charge is 0.253 e. The summed E-state index contributed by atoms with van der Waals surface area (Å²) in [6.07, 6.45) is 1.72. The van der Waals surface area contributed by atoms with Gasteiger partial charge >= 0.3 is 0 Å². The molecule has 0 spiro atoms. The number of likely N-dealkylation sites (tertiary alicyclic amines) is 1. The van der Waals surface area contributed by atoms with E-state index < -0.39 is 0 Å². The van der Waals surface area contributed by atoms with Crippen LogP contribution in [0, 0.1) is 0 Å². The molecule has 2 heterocycles. The fraction of sp³-hybridized carbons (Fsp3) is 0.333. The Kier molecular flexibility index (Phi) is 6.14. The molecule has 156 valence electrons. The molecule has 6 heteroatoms. The second-order valence-electron chi connectivity index (χ2n) is 7.59. The van der Waals surface area contributed by atoms with E-state index in [0.29, 0.717) is 31.9 Å². The Morgan fingerprint density at radius 3 is 2.57 bits per heavy atom. The average Bonchev–Trinajstić information content (AvgIpc) is 2.79. The number of nitrogens with zero attached hydrogens (tertiary/aromatic N) is 2. The quantitative estimate of drug-likeness (QED) is 0.630. The summed E-state index contributed by atoms with van der Waals surface area (Å²) in [5, 5.41) is 1.06. The molecule has 1 aliphatic rings. The number of benzene rings is 2. The van der Waals surface area contributed by atoms with Crippen molar-refractivity contribution < 1.29 is 14.3 Å². The molecular formula is C24H27N3O3. The van der Waals surface area contributed by atoms with Crippen LogP contribution in [0.25, 0.3) is 10.9 Å². The lowest BCUT2D eigenvalue weighted by atomic mass is 9.91. The van der Waals surface area contributed by atoms with Gasteiger partial charge in [-0.15, -0.1) is 0 Å². The van der Waals surface area contributed by atoms with Gasteiger partial charge in [-0.3, -0.25) is 9.78 Å². The number of hydrogen-bond acceptors (Lipinski definition) is 5. The number of amides is 1. The minimum Gasteiger partial charge on any atom is -0.491 e. The highest BCUT2D eigenvalue weighted by Crippen LogP contribution is 2.32. The Bertz CT molecular complexity index is 1010. The summed E-state index contributed by atoms with van der Waals surface area (Å²) in [6.45, 7) is 2.42. The number of hydrogen-bond donors (Lipinski definition) is 1. The molecule has 1 aromatic heterocycles. The van der Waals surface area contributed by atoms with Gasteiger partial charge in [0.2, 0.25) is 0 Å². The van der Waals surface area contributed by atoms with Gasteiger partial charge in [-0.2, -0.15) is 0 Å². The number of pyridine rings is 1. The number of ether oxygens (including phenoxy) is 2. The predicted octanol–water partition coefficient (Wildman–Crippen LogP) is 3.86. The van der Waals surface area contributed by atoms with Crippen LogP contribution in [-0.4, -0.2) is 49.2 Å². The standard InChI is InChI=1S/C24H27N3O3/c1-29-14-15-30-20-8-6-18(7-9-20)24(28)27-12-10-17(11-13-27)23-21(25)16-19-4-2-3-5-22(19)26-23/h2-9,16-17H,10-15,25H2,1H3. The number of nitrogens with two attached hydrogens (primary N) is 1. The minimum atomic E-state index is 0.0522. The number of piperidine rings is 1. The number of aromatic nitrogens is 1. The number of para-hydroxylation sites is 1. The Morgan fingerprint density at radius 2 is 1.83 bits per heavy atom. The first kappa shape index (κ1) is 20.2. The Hall–Kier alpha value is -3.12. The number of carbonyl (C=O) groups is 1. The van der Waals surface area contributed by atoms with Gasteiger partial charge < -0.3 is 20.1 Å². The number of nitrogen functional groups attached to an aromatic ring is 1. The van der Waals surface area contributed by atoms with Gasteiger partial charge in [0, 0.05) is 37.1 Å². The van der Waals surface area contributed by atoms with E-state index in [1.807, 2.05) is 59.5 Å². The van der Waals surface area contributed by atoms with Crippen molar-refractivity contribution in [1.82, 2.24) is 9.88 Å². The van der Waals surface area contributed by atoms with Crippen LogP contribution in [0.4, 0.5) is 5.69 Å². The molecule has 1 aliphatic heterocycles. The Labute approximate surface area is 176 Å². The summed E-state index contributed by atoms with van der Waals surface area (Å²) in [4.78, 5) is 19.6. The molecular weight excluding hydrogens is 378 g/mol. The van der Waals surface area contributed by atoms with Crippen LogP contribution in [-0.2, 0) is 4.74 Å². The monoisotopic (exact) mass is 405 g/mol. The highest BCUT2D eigenvalue weighted by Gasteiger charge is 2.26. The molecule has 0 radical (unpaired) electrons. The van der Waals surface area contributed by atoms with Gasteiger partial charge in [0.1, 0.15) is 12.4 Å². The van der Waals surface area contributed by atoms with Crippen LogP contribution in [0.3, 0.4) is 0 Å². The second kappa shape index (κ2) is 9.13. The maximum Gasteiger partial charge on any atom is 0.253 e. The molecule has 1 amide bonds. The van der Waals surface area contributed by atoms with Crippen LogP contribution in [0.15, 0.2) is 54.6 Å². The van der Waals surface area contributed by atoms with Gasteiger partial charge in [0.25, 0.3) is 5.91 Å². The van der Waals surface area contributed by atoms with Gasteiger partial charge in [0.15, 0.2) is 0 Å². The first-order valence-electron chi connectivity index (χ1n) is 10.3. The summed E-state index contributed by atoms with van der Waals surface area (Å²) >= 11 is 0. The zero-order valence-corrected chi connectivity index (χ0v) is 17.2. The van der Waals surface area contributed by atoms with Crippen molar-refractivity contribution >= 4 is 22.5 Å². The molecule has 2 aromatic carbocycles. The summed E-state index contributed by atoms with van der Waals surface area (Å²) < 4.78 is 10.5. The zero-order chi connectivity index (χ0) is 20.9. The predicted molar refractivity (Wildman–Crippen MR) is 118 cm³/mol. The molecule has 3 aromatic rings. The lowest BCUT2D eigenvalue weighted by Crippen LogP contribution is -2.38. The summed E-state index contributed by atoms with van der Waals surface area (Å²) in [5.74, 6) is 1.06. The van der Waals surface area contributed by atoms with Crippen molar-refractivity contribution in [3.05, 3.63) is 65.9 Å². The molecule has 4 rings (SSSR count). The van der Waals surface area contributed by atoms with E-state index in [2.05, 4.69) is 0 Å². The van der Waals surface area contributed by atoms with Crippen molar-refractivity contribution in [1.29, 1.82) is 0 Å². The fourth-order valence-corrected chi connectivity index (χ4v) is 3.95. The first-order valence-corrected chi connectivity index (χ1v) is 10.3. The van der Waals surface area contributed by atoms with Gasteiger partial charge in [-0.25, -0.2) is 0 Å². The normalized spacial score (nSPS) is 14.8. The third-order valence-corrected chi connectivity index (χ3v) is 5.61. The molecule has 0 unspecified atom stereocenters. The third-order valence-electron chi connectivity index (χ3n) is 5.61. The van der Waals surface area contributed by atoms with Crippen molar-refractivity contribution in [2.75, 3.05) is 39.1 Å². The molecule has 0 bridgehead atoms. The lowest BCUT2D eigenvalue weighted by Gasteiger charge is -2.32. The van der Waals surface area contributed by atoms with Crippen LogP contribution in [0.5, 0.6) is 5.75 Å². The van der Waals surface area contributed by atoms with Crippen molar-refractivity contribution in [2.24, 2.45) is 0 Å². The lowest BCUT2D eigenvalue weighted by molar-refractivity contribution is 0.0712. The largest absolute Gasteiger partial charge is 0.491 e. The van der Waals surface area contributed by atoms with Crippen LogP contribution in [0.1, 0.15) is 34.8 Å². The number of methoxy groups -OCH3 is 1. The Balaban J connectivity index is 1.38. The molecule has 0 saturated carbocycles. The van der Waals surface area contributed by atoms with E-state index in [4.69, 9.17) is 20.2 Å². The van der Waals surface area contributed by atoms with Crippen LogP contribution < -0.4 is 10.5 Å². The van der Waals surface area contributed by atoms with E-state index in [-0.39, 0.29) is 11.8 Å². The molecule has 1 fully saturated rings. The third kappa shape index (κ3) is 4.39. The topological polar surface area (TPSA) is 77.7 Å². The fourth-order valence-electron chi connectivity index (χ4n) is 3.95. The number of rotatable bonds is 6. The number of carbonyl (C=O) groups excluding carboxylic acids is 1. The van der Waals surface area contributed by atoms with Crippen molar-refractivity contribution in [3.8, 4) is 5.75 Å². The zero-order valence-electron chi connectivity index (χ0n) is 17.2. The Morgan fingerprint density at radius 1 is 1.10 bits per heavy atom. The molecule has 30 heavy (non-hydrogen) atoms. The van der Waals surface area contributed by atoms with Crippen LogP contribution in [0.2, 0.25) is 0 Å². The maximum absolute atomic E-state index is 12.9.